The fourth-order valence-corrected chi connectivity index (χ4v) is 4.56. The summed E-state index contributed by atoms with van der Waals surface area (Å²) in [5.41, 5.74) is 12.9. The van der Waals surface area contributed by atoms with Crippen molar-refractivity contribution < 1.29 is 0 Å². The van der Waals surface area contributed by atoms with Crippen molar-refractivity contribution in [1.82, 2.24) is 14.8 Å². The highest BCUT2D eigenvalue weighted by molar-refractivity contribution is 5.55. The Labute approximate surface area is 159 Å². The molecule has 1 aliphatic rings. The molecule has 0 saturated heterocycles. The monoisotopic (exact) mass is 362 g/mol. The number of aromatic amines is 1. The highest BCUT2D eigenvalue weighted by Gasteiger charge is 2.43. The van der Waals surface area contributed by atoms with Crippen LogP contribution in [-0.4, -0.2) is 21.3 Å². The molecule has 0 fully saturated rings. The van der Waals surface area contributed by atoms with E-state index in [-0.39, 0.29) is 5.69 Å². The zero-order valence-corrected chi connectivity index (χ0v) is 16.2. The highest BCUT2D eigenvalue weighted by atomic mass is 16.1. The molecule has 140 valence electrons. The number of benzene rings is 2. The molecular weight excluding hydrogens is 336 g/mol. The predicted octanol–water partition coefficient (Wildman–Crippen LogP) is 2.51. The number of fused-ring (bicyclic) bond motifs is 2. The molecule has 2 aromatic carbocycles. The zero-order chi connectivity index (χ0) is 19.2. The van der Waals surface area contributed by atoms with Crippen molar-refractivity contribution in [2.24, 2.45) is 12.8 Å². The fraction of sp³-hybridized carbons (Fsp3) is 0.364. The average molecular weight is 362 g/mol. The van der Waals surface area contributed by atoms with Gasteiger partial charge in [-0.1, -0.05) is 47.5 Å². The lowest BCUT2D eigenvalue weighted by Crippen LogP contribution is -2.35. The molecule has 5 nitrogen and oxygen atoms in total. The summed E-state index contributed by atoms with van der Waals surface area (Å²) in [5.74, 6) is 0.678. The van der Waals surface area contributed by atoms with Gasteiger partial charge in [0, 0.05) is 7.05 Å². The van der Waals surface area contributed by atoms with E-state index in [1.165, 1.54) is 38.1 Å². The number of nitrogens with two attached hydrogens (primary N) is 1. The minimum absolute atomic E-state index is 0.201. The molecule has 0 atom stereocenters. The summed E-state index contributed by atoms with van der Waals surface area (Å²) in [4.78, 5) is 15.3. The fourth-order valence-electron chi connectivity index (χ4n) is 4.56. The van der Waals surface area contributed by atoms with E-state index in [9.17, 15) is 4.79 Å². The third-order valence-corrected chi connectivity index (χ3v) is 5.80. The minimum atomic E-state index is -0.544. The van der Waals surface area contributed by atoms with Gasteiger partial charge in [0.15, 0.2) is 0 Å². The lowest BCUT2D eigenvalue weighted by atomic mass is 9.69. The van der Waals surface area contributed by atoms with Gasteiger partial charge in [0.1, 0.15) is 5.82 Å². The number of hydrogen-bond acceptors (Lipinski definition) is 3. The summed E-state index contributed by atoms with van der Waals surface area (Å²) in [6.07, 6.45) is 2.62. The predicted molar refractivity (Wildman–Crippen MR) is 107 cm³/mol. The Morgan fingerprint density at radius 1 is 1.07 bits per heavy atom. The van der Waals surface area contributed by atoms with Crippen molar-refractivity contribution in [2.75, 3.05) is 6.54 Å². The molecule has 1 aliphatic carbocycles. The Bertz CT molecular complexity index is 1010. The zero-order valence-electron chi connectivity index (χ0n) is 16.2. The maximum absolute atomic E-state index is 12.3. The van der Waals surface area contributed by atoms with Crippen LogP contribution in [0.25, 0.3) is 0 Å². The van der Waals surface area contributed by atoms with Crippen LogP contribution in [0.2, 0.25) is 0 Å². The first kappa shape index (κ1) is 17.7. The van der Waals surface area contributed by atoms with Gasteiger partial charge in [0.2, 0.25) is 0 Å². The topological polar surface area (TPSA) is 76.7 Å². The van der Waals surface area contributed by atoms with Crippen LogP contribution in [0.1, 0.15) is 45.6 Å². The first-order valence-corrected chi connectivity index (χ1v) is 9.49. The normalized spacial score (nSPS) is 15.1. The summed E-state index contributed by atoms with van der Waals surface area (Å²) < 4.78 is 1.38. The van der Waals surface area contributed by atoms with E-state index in [1.54, 1.807) is 7.05 Å². The molecule has 0 amide bonds. The minimum Gasteiger partial charge on any atom is -0.330 e. The number of hydrogen-bond donors (Lipinski definition) is 2. The van der Waals surface area contributed by atoms with E-state index in [1.807, 2.05) is 0 Å². The van der Waals surface area contributed by atoms with E-state index >= 15 is 0 Å². The Morgan fingerprint density at radius 2 is 1.63 bits per heavy atom. The molecule has 0 radical (unpaired) electrons. The maximum Gasteiger partial charge on any atom is 0.343 e. The SMILES string of the molecule is Cc1ccc2c(c1)CCc1cc(C)ccc1C2(CCN)c1nn(C)c(=O)[nH]1. The Morgan fingerprint density at radius 3 is 2.07 bits per heavy atom. The number of nitrogens with one attached hydrogen (secondary N) is 1. The Hall–Kier alpha value is -2.66. The molecule has 1 heterocycles. The number of rotatable bonds is 3. The van der Waals surface area contributed by atoms with E-state index < -0.39 is 5.41 Å². The van der Waals surface area contributed by atoms with Gasteiger partial charge in [-0.15, -0.1) is 0 Å². The van der Waals surface area contributed by atoms with Crippen molar-refractivity contribution in [3.8, 4) is 0 Å². The first-order chi connectivity index (χ1) is 13.0. The number of nitrogens with zero attached hydrogens (tertiary/aromatic N) is 2. The van der Waals surface area contributed by atoms with Crippen LogP contribution in [0, 0.1) is 13.8 Å². The van der Waals surface area contributed by atoms with Crippen LogP contribution in [0.15, 0.2) is 41.2 Å². The van der Waals surface area contributed by atoms with Crippen molar-refractivity contribution in [3.05, 3.63) is 86.1 Å². The largest absolute Gasteiger partial charge is 0.343 e. The van der Waals surface area contributed by atoms with Crippen molar-refractivity contribution in [2.45, 2.75) is 38.5 Å². The van der Waals surface area contributed by atoms with Crippen LogP contribution in [0.3, 0.4) is 0 Å². The van der Waals surface area contributed by atoms with Gasteiger partial charge >= 0.3 is 5.69 Å². The van der Waals surface area contributed by atoms with Crippen LogP contribution in [-0.2, 0) is 25.3 Å². The molecule has 5 heteroatoms. The molecular formula is C22H26N4O. The van der Waals surface area contributed by atoms with Crippen molar-refractivity contribution in [1.29, 1.82) is 0 Å². The molecule has 4 rings (SSSR count). The van der Waals surface area contributed by atoms with Gasteiger partial charge in [-0.2, -0.15) is 5.10 Å². The van der Waals surface area contributed by atoms with E-state index in [0.29, 0.717) is 18.8 Å². The molecule has 3 aromatic rings. The highest BCUT2D eigenvalue weighted by Crippen LogP contribution is 2.45. The second-order valence-corrected chi connectivity index (χ2v) is 7.67. The maximum atomic E-state index is 12.3. The summed E-state index contributed by atoms with van der Waals surface area (Å²) >= 11 is 0. The van der Waals surface area contributed by atoms with Gasteiger partial charge in [0.05, 0.1) is 5.41 Å². The molecule has 1 aromatic heterocycles. The van der Waals surface area contributed by atoms with Gasteiger partial charge < -0.3 is 5.73 Å². The molecule has 0 spiro atoms. The second-order valence-electron chi connectivity index (χ2n) is 7.67. The van der Waals surface area contributed by atoms with Gasteiger partial charge in [-0.05, 0) is 61.9 Å². The van der Waals surface area contributed by atoms with Crippen LogP contribution < -0.4 is 11.4 Å². The average Bonchev–Trinajstić information content (AvgIpc) is 2.91. The molecule has 0 aliphatic heterocycles. The summed E-state index contributed by atoms with van der Waals surface area (Å²) in [5, 5.41) is 4.60. The van der Waals surface area contributed by atoms with Crippen molar-refractivity contribution >= 4 is 0 Å². The van der Waals surface area contributed by atoms with E-state index in [2.05, 4.69) is 60.3 Å². The summed E-state index contributed by atoms with van der Waals surface area (Å²) in [7, 11) is 1.68. The smallest absolute Gasteiger partial charge is 0.330 e. The lowest BCUT2D eigenvalue weighted by molar-refractivity contribution is 0.525. The number of aryl methyl sites for hydroxylation is 5. The lowest BCUT2D eigenvalue weighted by Gasteiger charge is -2.34. The molecule has 0 unspecified atom stereocenters. The standard InChI is InChI=1S/C22H26N4O/c1-14-4-8-18-16(12-14)6-7-17-13-15(2)5-9-19(17)22(18,10-11-23)20-24-21(27)26(3)25-20/h4-5,8-9,12-13H,6-7,10-11,23H2,1-3H3,(H,24,25,27). The number of aromatic nitrogens is 3. The van der Waals surface area contributed by atoms with Gasteiger partial charge in [0.25, 0.3) is 0 Å². The third-order valence-electron chi connectivity index (χ3n) is 5.80. The summed E-state index contributed by atoms with van der Waals surface area (Å²) in [6, 6.07) is 13.2. The van der Waals surface area contributed by atoms with Gasteiger partial charge in [-0.3, -0.25) is 4.98 Å². The van der Waals surface area contributed by atoms with Crippen molar-refractivity contribution in [3.63, 3.8) is 0 Å². The first-order valence-electron chi connectivity index (χ1n) is 9.49. The molecule has 0 bridgehead atoms. The van der Waals surface area contributed by atoms with Crippen LogP contribution >= 0.6 is 0 Å². The second kappa shape index (κ2) is 6.50. The van der Waals surface area contributed by atoms with Crippen LogP contribution in [0.4, 0.5) is 0 Å². The third kappa shape index (κ3) is 2.73. The van der Waals surface area contributed by atoms with E-state index in [0.717, 1.165) is 12.8 Å². The van der Waals surface area contributed by atoms with Crippen LogP contribution in [0.5, 0.6) is 0 Å². The Balaban J connectivity index is 2.13. The molecule has 0 saturated carbocycles. The van der Waals surface area contributed by atoms with E-state index in [4.69, 9.17) is 5.73 Å². The molecule has 3 N–H and O–H groups in total. The Kier molecular flexibility index (Phi) is 4.27. The quantitative estimate of drug-likeness (QED) is 0.752. The summed E-state index contributed by atoms with van der Waals surface area (Å²) in [6.45, 7) is 4.74. The molecule has 27 heavy (non-hydrogen) atoms. The van der Waals surface area contributed by atoms with Gasteiger partial charge in [-0.25, -0.2) is 9.48 Å². The number of H-pyrrole nitrogens is 1.